The summed E-state index contributed by atoms with van der Waals surface area (Å²) in [5, 5.41) is 6.69. The number of nitrogens with one attached hydrogen (secondary N) is 2. The molecule has 0 amide bonds. The molecule has 2 aromatic carbocycles. The van der Waals surface area contributed by atoms with Crippen LogP contribution < -0.4 is 10.6 Å². The molecule has 3 rings (SSSR count). The van der Waals surface area contributed by atoms with E-state index >= 15 is 0 Å². The lowest BCUT2D eigenvalue weighted by atomic mass is 10.1. The minimum atomic E-state index is -3.12. The van der Waals surface area contributed by atoms with Crippen molar-refractivity contribution in [3.05, 3.63) is 71.8 Å². The van der Waals surface area contributed by atoms with E-state index in [1.165, 1.54) is 18.4 Å². The molecule has 1 unspecified atom stereocenters. The number of sulfone groups is 1. The molecule has 1 heterocycles. The molecule has 176 valence electrons. The summed E-state index contributed by atoms with van der Waals surface area (Å²) in [5.41, 5.74) is 2.14. The van der Waals surface area contributed by atoms with E-state index in [1.54, 1.807) is 7.05 Å². The quantitative estimate of drug-likeness (QED) is 0.198. The highest BCUT2D eigenvalue weighted by atomic mass is 127. The van der Waals surface area contributed by atoms with Crippen molar-refractivity contribution < 1.29 is 8.42 Å². The summed E-state index contributed by atoms with van der Waals surface area (Å²) >= 11 is 0. The van der Waals surface area contributed by atoms with Gasteiger partial charge in [-0.2, -0.15) is 0 Å². The summed E-state index contributed by atoms with van der Waals surface area (Å²) in [6.45, 7) is 3.56. The highest BCUT2D eigenvalue weighted by Crippen LogP contribution is 2.24. The molecule has 2 N–H and O–H groups in total. The second kappa shape index (κ2) is 13.8. The first-order valence-electron chi connectivity index (χ1n) is 11.1. The van der Waals surface area contributed by atoms with Crippen LogP contribution in [0.4, 0.5) is 0 Å². The van der Waals surface area contributed by atoms with Crippen molar-refractivity contribution in [3.8, 4) is 0 Å². The normalized spacial score (nSPS) is 15.7. The average molecular weight is 571 g/mol. The zero-order chi connectivity index (χ0) is 21.9. The first kappa shape index (κ1) is 26.6. The van der Waals surface area contributed by atoms with Gasteiger partial charge in [0.15, 0.2) is 15.8 Å². The standard InChI is InChI=1S/C24H34N4O2S.HI/c1-25-24(26-15-10-18-31(29,30)20-21-11-4-2-5-12-21)27-19-23(28-16-8-9-17-28)22-13-6-3-7-14-22;/h2-7,11-14,23H,8-10,15-20H2,1H3,(H2,25,26,27);1H. The van der Waals surface area contributed by atoms with Gasteiger partial charge in [-0.1, -0.05) is 60.7 Å². The molecule has 6 nitrogen and oxygen atoms in total. The Bertz CT molecular complexity index is 918. The lowest BCUT2D eigenvalue weighted by Gasteiger charge is -2.29. The van der Waals surface area contributed by atoms with Crippen LogP contribution in [0.5, 0.6) is 0 Å². The fourth-order valence-corrected chi connectivity index (χ4v) is 5.43. The number of aliphatic imine (C=N–C) groups is 1. The van der Waals surface area contributed by atoms with Gasteiger partial charge in [0, 0.05) is 20.1 Å². The van der Waals surface area contributed by atoms with Gasteiger partial charge < -0.3 is 10.6 Å². The Hall–Kier alpha value is -1.65. The third kappa shape index (κ3) is 8.71. The molecule has 1 aliphatic heterocycles. The van der Waals surface area contributed by atoms with Gasteiger partial charge in [-0.3, -0.25) is 9.89 Å². The Labute approximate surface area is 209 Å². The Morgan fingerprint density at radius 3 is 2.25 bits per heavy atom. The van der Waals surface area contributed by atoms with E-state index in [4.69, 9.17) is 0 Å². The van der Waals surface area contributed by atoms with Gasteiger partial charge in [-0.05, 0) is 43.5 Å². The van der Waals surface area contributed by atoms with Crippen LogP contribution in [-0.4, -0.2) is 58.3 Å². The molecular weight excluding hydrogens is 535 g/mol. The predicted molar refractivity (Wildman–Crippen MR) is 143 cm³/mol. The van der Waals surface area contributed by atoms with Gasteiger partial charge >= 0.3 is 0 Å². The number of rotatable bonds is 10. The van der Waals surface area contributed by atoms with E-state index < -0.39 is 9.84 Å². The van der Waals surface area contributed by atoms with Crippen LogP contribution in [-0.2, 0) is 15.6 Å². The van der Waals surface area contributed by atoms with Crippen molar-refractivity contribution in [1.82, 2.24) is 15.5 Å². The Morgan fingerprint density at radius 1 is 1.00 bits per heavy atom. The predicted octanol–water partition coefficient (Wildman–Crippen LogP) is 3.61. The SMILES string of the molecule is CN=C(NCCCS(=O)(=O)Cc1ccccc1)NCC(c1ccccc1)N1CCCC1.I. The number of guanidine groups is 1. The van der Waals surface area contributed by atoms with Crippen LogP contribution in [0.15, 0.2) is 65.7 Å². The third-order valence-electron chi connectivity index (χ3n) is 5.61. The van der Waals surface area contributed by atoms with Crippen molar-refractivity contribution in [2.45, 2.75) is 31.1 Å². The number of likely N-dealkylation sites (tertiary alicyclic amines) is 1. The molecule has 0 aromatic heterocycles. The van der Waals surface area contributed by atoms with Crippen LogP contribution >= 0.6 is 24.0 Å². The van der Waals surface area contributed by atoms with Gasteiger partial charge in [0.1, 0.15) is 0 Å². The first-order valence-corrected chi connectivity index (χ1v) is 12.9. The fourth-order valence-electron chi connectivity index (χ4n) is 4.00. The van der Waals surface area contributed by atoms with Gasteiger partial charge in [0.2, 0.25) is 0 Å². The molecule has 0 saturated carbocycles. The lowest BCUT2D eigenvalue weighted by molar-refractivity contribution is 0.245. The van der Waals surface area contributed by atoms with Gasteiger partial charge in [-0.15, -0.1) is 24.0 Å². The van der Waals surface area contributed by atoms with E-state index in [1.807, 2.05) is 36.4 Å². The van der Waals surface area contributed by atoms with Gasteiger partial charge in [-0.25, -0.2) is 8.42 Å². The molecule has 1 saturated heterocycles. The molecule has 1 aliphatic rings. The molecular formula is C24H35IN4O2S. The van der Waals surface area contributed by atoms with Crippen molar-refractivity contribution >= 4 is 39.8 Å². The summed E-state index contributed by atoms with van der Waals surface area (Å²) in [6.07, 6.45) is 3.03. The number of hydrogen-bond acceptors (Lipinski definition) is 4. The van der Waals surface area contributed by atoms with Crippen molar-refractivity contribution in [3.63, 3.8) is 0 Å². The summed E-state index contributed by atoms with van der Waals surface area (Å²) in [4.78, 5) is 6.83. The second-order valence-corrected chi connectivity index (χ2v) is 10.2. The molecule has 0 aliphatic carbocycles. The fraction of sp³-hybridized carbons (Fsp3) is 0.458. The minimum absolute atomic E-state index is 0. The van der Waals surface area contributed by atoms with Crippen LogP contribution in [0.25, 0.3) is 0 Å². The molecule has 0 bridgehead atoms. The molecule has 1 fully saturated rings. The molecule has 0 spiro atoms. The number of nitrogens with zero attached hydrogens (tertiary/aromatic N) is 2. The molecule has 2 aromatic rings. The van der Waals surface area contributed by atoms with Crippen molar-refractivity contribution in [1.29, 1.82) is 0 Å². The summed E-state index contributed by atoms with van der Waals surface area (Å²) in [7, 11) is -1.37. The maximum Gasteiger partial charge on any atom is 0.191 e. The first-order chi connectivity index (χ1) is 15.1. The molecule has 1 atom stereocenters. The topological polar surface area (TPSA) is 73.8 Å². The summed E-state index contributed by atoms with van der Waals surface area (Å²) in [6, 6.07) is 20.2. The van der Waals surface area contributed by atoms with Crippen LogP contribution in [0.3, 0.4) is 0 Å². The Morgan fingerprint density at radius 2 is 1.62 bits per heavy atom. The summed E-state index contributed by atoms with van der Waals surface area (Å²) in [5.74, 6) is 0.961. The van der Waals surface area contributed by atoms with E-state index in [0.717, 1.165) is 25.2 Å². The van der Waals surface area contributed by atoms with Crippen molar-refractivity contribution in [2.24, 2.45) is 4.99 Å². The average Bonchev–Trinajstić information content (AvgIpc) is 3.31. The maximum atomic E-state index is 12.4. The second-order valence-electron chi connectivity index (χ2n) is 7.98. The smallest absolute Gasteiger partial charge is 0.191 e. The summed E-state index contributed by atoms with van der Waals surface area (Å²) < 4.78 is 24.7. The van der Waals surface area contributed by atoms with Crippen molar-refractivity contribution in [2.75, 3.05) is 39.0 Å². The molecule has 32 heavy (non-hydrogen) atoms. The molecule has 0 radical (unpaired) electrons. The zero-order valence-corrected chi connectivity index (χ0v) is 21.9. The van der Waals surface area contributed by atoms with E-state index in [2.05, 4.69) is 44.8 Å². The number of hydrogen-bond donors (Lipinski definition) is 2. The lowest BCUT2D eigenvalue weighted by Crippen LogP contribution is -2.43. The highest BCUT2D eigenvalue weighted by Gasteiger charge is 2.23. The maximum absolute atomic E-state index is 12.4. The van der Waals surface area contributed by atoms with E-state index in [-0.39, 0.29) is 35.5 Å². The highest BCUT2D eigenvalue weighted by molar-refractivity contribution is 14.0. The Kier molecular flexibility index (Phi) is 11.5. The van der Waals surface area contributed by atoms with Crippen LogP contribution in [0.2, 0.25) is 0 Å². The Balaban J connectivity index is 0.00000363. The van der Waals surface area contributed by atoms with Crippen LogP contribution in [0, 0.1) is 0 Å². The van der Waals surface area contributed by atoms with Crippen LogP contribution in [0.1, 0.15) is 36.4 Å². The molecule has 8 heteroatoms. The number of benzene rings is 2. The third-order valence-corrected chi connectivity index (χ3v) is 7.29. The van der Waals surface area contributed by atoms with E-state index in [9.17, 15) is 8.42 Å². The van der Waals surface area contributed by atoms with E-state index in [0.29, 0.717) is 25.0 Å². The minimum Gasteiger partial charge on any atom is -0.356 e. The number of halogens is 1. The monoisotopic (exact) mass is 570 g/mol. The zero-order valence-electron chi connectivity index (χ0n) is 18.7. The van der Waals surface area contributed by atoms with Gasteiger partial charge in [0.25, 0.3) is 0 Å². The largest absolute Gasteiger partial charge is 0.356 e. The van der Waals surface area contributed by atoms with Gasteiger partial charge in [0.05, 0.1) is 17.5 Å².